The average Bonchev–Trinajstić information content (AvgIpc) is 3.44. The summed E-state index contributed by atoms with van der Waals surface area (Å²) in [5.74, 6) is -0.136. The molecule has 1 fully saturated rings. The first-order valence-electron chi connectivity index (χ1n) is 23.0. The van der Waals surface area contributed by atoms with Crippen LogP contribution in [0.3, 0.4) is 0 Å². The number of urea groups is 1. The third-order valence-corrected chi connectivity index (χ3v) is 11.8. The van der Waals surface area contributed by atoms with Crippen LogP contribution in [0.4, 0.5) is 4.79 Å². The standard InChI is InChI=1S/C45H90N4O2/c1-5-9-13-17-21-25-29-33-37-44(46,38-34-30-26-22-18-14-10-6-2)48-41-42(50)49(43(48)51)45(47,39-35-31-27-23-19-15-11-7-3)40-36-32-28-24-20-16-12-8-4/h5-41,46-47H2,1-4H3. The van der Waals surface area contributed by atoms with Crippen molar-refractivity contribution in [2.45, 2.75) is 270 Å². The number of carbonyl (C=O) groups excluding carboxylic acids is 2. The minimum Gasteiger partial charge on any atom is -0.309 e. The fraction of sp³-hybridized carbons (Fsp3) is 0.956. The Morgan fingerprint density at radius 2 is 0.627 bits per heavy atom. The summed E-state index contributed by atoms with van der Waals surface area (Å²) < 4.78 is 0. The Labute approximate surface area is 318 Å². The highest BCUT2D eigenvalue weighted by atomic mass is 16.2. The maximum Gasteiger partial charge on any atom is 0.330 e. The van der Waals surface area contributed by atoms with E-state index in [1.165, 1.54) is 159 Å². The van der Waals surface area contributed by atoms with Gasteiger partial charge in [-0.25, -0.2) is 9.69 Å². The maximum atomic E-state index is 14.4. The Balaban J connectivity index is 2.95. The topological polar surface area (TPSA) is 92.7 Å². The minimum atomic E-state index is -0.925. The molecule has 4 N–H and O–H groups in total. The lowest BCUT2D eigenvalue weighted by atomic mass is 9.92. The van der Waals surface area contributed by atoms with Gasteiger partial charge in [0.1, 0.15) is 12.2 Å². The monoisotopic (exact) mass is 719 g/mol. The Kier molecular flexibility index (Phi) is 29.3. The van der Waals surface area contributed by atoms with Crippen molar-refractivity contribution in [2.75, 3.05) is 6.54 Å². The van der Waals surface area contributed by atoms with Crippen LogP contribution in [0, 0.1) is 0 Å². The highest BCUT2D eigenvalue weighted by molar-refractivity contribution is 6.03. The Bertz CT molecular complexity index is 793. The second-order valence-electron chi connectivity index (χ2n) is 16.7. The zero-order valence-corrected chi connectivity index (χ0v) is 35.0. The molecule has 0 radical (unpaired) electrons. The van der Waals surface area contributed by atoms with E-state index in [0.717, 1.165) is 64.2 Å². The second-order valence-corrected chi connectivity index (χ2v) is 16.7. The molecule has 302 valence electrons. The summed E-state index contributed by atoms with van der Waals surface area (Å²) in [6, 6.07) is -0.219. The number of unbranched alkanes of at least 4 members (excludes halogenated alkanes) is 28. The molecule has 1 aliphatic rings. The number of carbonyl (C=O) groups is 2. The van der Waals surface area contributed by atoms with E-state index in [1.54, 1.807) is 4.90 Å². The molecule has 6 nitrogen and oxygen atoms in total. The molecule has 0 aromatic heterocycles. The second kappa shape index (κ2) is 31.2. The van der Waals surface area contributed by atoms with Crippen LogP contribution in [0.15, 0.2) is 0 Å². The molecule has 0 aromatic rings. The molecular formula is C45H90N4O2. The number of nitrogens with two attached hydrogens (primary N) is 2. The van der Waals surface area contributed by atoms with Gasteiger partial charge in [0.15, 0.2) is 0 Å². The Morgan fingerprint density at radius 3 is 0.902 bits per heavy atom. The van der Waals surface area contributed by atoms with Crippen LogP contribution in [-0.2, 0) is 4.79 Å². The van der Waals surface area contributed by atoms with Crippen LogP contribution in [0.5, 0.6) is 0 Å². The van der Waals surface area contributed by atoms with E-state index >= 15 is 0 Å². The lowest BCUT2D eigenvalue weighted by Crippen LogP contribution is -2.62. The predicted molar refractivity (Wildman–Crippen MR) is 222 cm³/mol. The first-order valence-corrected chi connectivity index (χ1v) is 23.0. The zero-order valence-electron chi connectivity index (χ0n) is 35.0. The smallest absolute Gasteiger partial charge is 0.309 e. The van der Waals surface area contributed by atoms with E-state index in [1.807, 2.05) is 0 Å². The van der Waals surface area contributed by atoms with Gasteiger partial charge in [-0.05, 0) is 51.4 Å². The maximum absolute atomic E-state index is 14.4. The van der Waals surface area contributed by atoms with Gasteiger partial charge in [0, 0.05) is 0 Å². The number of nitrogens with zero attached hydrogens (tertiary/aromatic N) is 2. The quantitative estimate of drug-likeness (QED) is 0.0491. The van der Waals surface area contributed by atoms with Crippen molar-refractivity contribution in [3.8, 4) is 0 Å². The Hall–Kier alpha value is -1.14. The predicted octanol–water partition coefficient (Wildman–Crippen LogP) is 13.7. The van der Waals surface area contributed by atoms with Crippen molar-refractivity contribution in [1.82, 2.24) is 9.80 Å². The molecule has 1 aliphatic heterocycles. The highest BCUT2D eigenvalue weighted by Gasteiger charge is 2.51. The van der Waals surface area contributed by atoms with Crippen molar-refractivity contribution < 1.29 is 9.59 Å². The van der Waals surface area contributed by atoms with Gasteiger partial charge in [-0.3, -0.25) is 9.69 Å². The molecule has 0 spiro atoms. The molecule has 1 heterocycles. The normalized spacial score (nSPS) is 14.1. The van der Waals surface area contributed by atoms with Crippen molar-refractivity contribution in [3.05, 3.63) is 0 Å². The fourth-order valence-corrected chi connectivity index (χ4v) is 8.29. The first-order chi connectivity index (χ1) is 24.8. The number of hydrogen-bond donors (Lipinski definition) is 2. The lowest BCUT2D eigenvalue weighted by molar-refractivity contribution is -0.130. The molecule has 0 saturated carbocycles. The molecule has 0 aliphatic carbocycles. The number of amides is 3. The van der Waals surface area contributed by atoms with E-state index in [9.17, 15) is 9.59 Å². The first kappa shape index (κ1) is 47.9. The SMILES string of the molecule is CCCCCCCCCCC(N)(CCCCCCCCCC)N1CC(=O)N(C(N)(CCCCCCCCCC)CCCCCCCCCC)C1=O. The average molecular weight is 719 g/mol. The Morgan fingerprint density at radius 1 is 0.392 bits per heavy atom. The van der Waals surface area contributed by atoms with Gasteiger partial charge in [0.2, 0.25) is 0 Å². The summed E-state index contributed by atoms with van der Waals surface area (Å²) in [5, 5.41) is 0. The van der Waals surface area contributed by atoms with Crippen molar-refractivity contribution in [1.29, 1.82) is 0 Å². The molecular weight excluding hydrogens is 629 g/mol. The molecule has 51 heavy (non-hydrogen) atoms. The lowest BCUT2D eigenvalue weighted by Gasteiger charge is -2.41. The summed E-state index contributed by atoms with van der Waals surface area (Å²) >= 11 is 0. The van der Waals surface area contributed by atoms with E-state index in [-0.39, 0.29) is 18.5 Å². The van der Waals surface area contributed by atoms with Gasteiger partial charge < -0.3 is 11.5 Å². The largest absolute Gasteiger partial charge is 0.330 e. The van der Waals surface area contributed by atoms with Gasteiger partial charge in [-0.2, -0.15) is 0 Å². The van der Waals surface area contributed by atoms with Crippen molar-refractivity contribution in [2.24, 2.45) is 11.5 Å². The fourth-order valence-electron chi connectivity index (χ4n) is 8.29. The van der Waals surface area contributed by atoms with Crippen LogP contribution >= 0.6 is 0 Å². The van der Waals surface area contributed by atoms with Gasteiger partial charge >= 0.3 is 6.03 Å². The van der Waals surface area contributed by atoms with Gasteiger partial charge in [0.05, 0.1) is 5.66 Å². The van der Waals surface area contributed by atoms with Crippen molar-refractivity contribution in [3.63, 3.8) is 0 Å². The summed E-state index contributed by atoms with van der Waals surface area (Å²) in [4.78, 5) is 31.6. The molecule has 0 unspecified atom stereocenters. The van der Waals surface area contributed by atoms with Gasteiger partial charge in [0.25, 0.3) is 5.91 Å². The molecule has 6 heteroatoms. The number of rotatable bonds is 38. The van der Waals surface area contributed by atoms with E-state index < -0.39 is 11.3 Å². The van der Waals surface area contributed by atoms with E-state index in [4.69, 9.17) is 11.5 Å². The van der Waals surface area contributed by atoms with Gasteiger partial charge in [-0.1, -0.05) is 207 Å². The van der Waals surface area contributed by atoms with E-state index in [2.05, 4.69) is 27.7 Å². The van der Waals surface area contributed by atoms with Crippen LogP contribution in [0.2, 0.25) is 0 Å². The third-order valence-electron chi connectivity index (χ3n) is 11.8. The highest BCUT2D eigenvalue weighted by Crippen LogP contribution is 2.35. The summed E-state index contributed by atoms with van der Waals surface area (Å²) in [6.45, 7) is 9.13. The van der Waals surface area contributed by atoms with Crippen LogP contribution in [-0.4, -0.2) is 39.6 Å². The summed E-state index contributed by atoms with van der Waals surface area (Å²) in [6.07, 6.45) is 42.2. The molecule has 0 atom stereocenters. The molecule has 1 saturated heterocycles. The van der Waals surface area contributed by atoms with Gasteiger partial charge in [-0.15, -0.1) is 0 Å². The minimum absolute atomic E-state index is 0.0805. The van der Waals surface area contributed by atoms with Crippen molar-refractivity contribution >= 4 is 11.9 Å². The third kappa shape index (κ3) is 21.4. The molecule has 1 rings (SSSR count). The van der Waals surface area contributed by atoms with Crippen LogP contribution < -0.4 is 11.5 Å². The van der Waals surface area contributed by atoms with Crippen LogP contribution in [0.25, 0.3) is 0 Å². The number of hydrogen-bond acceptors (Lipinski definition) is 4. The molecule has 0 bridgehead atoms. The number of imide groups is 1. The molecule has 0 aromatic carbocycles. The summed E-state index contributed by atoms with van der Waals surface area (Å²) in [5.41, 5.74) is 12.8. The van der Waals surface area contributed by atoms with Crippen LogP contribution in [0.1, 0.15) is 259 Å². The summed E-state index contributed by atoms with van der Waals surface area (Å²) in [7, 11) is 0. The molecule has 3 amide bonds. The zero-order chi connectivity index (χ0) is 37.5. The van der Waals surface area contributed by atoms with E-state index in [0.29, 0.717) is 12.8 Å².